The Labute approximate surface area is 172 Å². The highest BCUT2D eigenvalue weighted by molar-refractivity contribution is 6.33. The molecule has 11 heteroatoms. The Bertz CT molecular complexity index is 886. The number of amides is 3. The van der Waals surface area contributed by atoms with E-state index < -0.39 is 23.1 Å². The molecule has 2 saturated heterocycles. The topological polar surface area (TPSA) is 114 Å². The predicted octanol–water partition coefficient (Wildman–Crippen LogP) is 0.931. The van der Waals surface area contributed by atoms with E-state index in [4.69, 9.17) is 16.3 Å². The fourth-order valence-electron chi connectivity index (χ4n) is 3.25. The van der Waals surface area contributed by atoms with Gasteiger partial charge in [-0.2, -0.15) is 5.10 Å². The number of carbonyl (C=O) groups is 3. The van der Waals surface area contributed by atoms with E-state index in [1.165, 1.54) is 6.20 Å². The molecule has 0 saturated carbocycles. The van der Waals surface area contributed by atoms with E-state index in [-0.39, 0.29) is 29.9 Å². The van der Waals surface area contributed by atoms with Gasteiger partial charge in [-0.1, -0.05) is 11.6 Å². The third-order valence-corrected chi connectivity index (χ3v) is 5.06. The third-order valence-electron chi connectivity index (χ3n) is 4.70. The van der Waals surface area contributed by atoms with E-state index in [9.17, 15) is 19.2 Å². The molecule has 0 aliphatic carbocycles. The Balaban J connectivity index is 1.71. The van der Waals surface area contributed by atoms with Crippen molar-refractivity contribution >= 4 is 35.2 Å². The largest absolute Gasteiger partial charge is 0.444 e. The zero-order valence-corrected chi connectivity index (χ0v) is 17.4. The smallest absolute Gasteiger partial charge is 0.410 e. The van der Waals surface area contributed by atoms with E-state index in [2.05, 4.69) is 10.4 Å². The van der Waals surface area contributed by atoms with Crippen molar-refractivity contribution in [3.05, 3.63) is 21.6 Å². The standard InChI is InChI=1S/C18H24ClN5O5/c1-18(2,3)29-17(28)23-8-6-22(7-9-23)12-10-20-24(16(27)14(12)19)11-4-5-13(25)21-15(11)26/h10-11H,4-9H2,1-3H3,(H,21,25,26). The van der Waals surface area contributed by atoms with Crippen molar-refractivity contribution in [2.45, 2.75) is 45.3 Å². The highest BCUT2D eigenvalue weighted by atomic mass is 35.5. The Morgan fingerprint density at radius 1 is 1.21 bits per heavy atom. The number of anilines is 1. The summed E-state index contributed by atoms with van der Waals surface area (Å²) in [6.45, 7) is 7.19. The summed E-state index contributed by atoms with van der Waals surface area (Å²) in [4.78, 5) is 51.7. The van der Waals surface area contributed by atoms with Crippen LogP contribution in [0, 0.1) is 0 Å². The van der Waals surface area contributed by atoms with Gasteiger partial charge in [0.05, 0.1) is 11.9 Å². The molecule has 2 fully saturated rings. The number of nitrogens with zero attached hydrogens (tertiary/aromatic N) is 4. The van der Waals surface area contributed by atoms with Crippen molar-refractivity contribution in [2.24, 2.45) is 0 Å². The van der Waals surface area contributed by atoms with Gasteiger partial charge < -0.3 is 14.5 Å². The summed E-state index contributed by atoms with van der Waals surface area (Å²) in [6.07, 6.45) is 1.39. The molecule has 0 aromatic carbocycles. The summed E-state index contributed by atoms with van der Waals surface area (Å²) in [6, 6.07) is -0.865. The highest BCUT2D eigenvalue weighted by Gasteiger charge is 2.32. The lowest BCUT2D eigenvalue weighted by molar-refractivity contribution is -0.136. The zero-order valence-electron chi connectivity index (χ0n) is 16.6. The van der Waals surface area contributed by atoms with Crippen LogP contribution in [-0.2, 0) is 14.3 Å². The van der Waals surface area contributed by atoms with Gasteiger partial charge in [0.2, 0.25) is 5.91 Å². The quantitative estimate of drug-likeness (QED) is 0.701. The number of piperidine rings is 1. The molecule has 158 valence electrons. The molecule has 0 radical (unpaired) electrons. The molecule has 1 atom stereocenters. The number of halogens is 1. The normalized spacial score (nSPS) is 20.5. The average molecular weight is 426 g/mol. The average Bonchev–Trinajstić information content (AvgIpc) is 2.63. The molecule has 1 aromatic heterocycles. The molecule has 10 nitrogen and oxygen atoms in total. The van der Waals surface area contributed by atoms with E-state index in [1.807, 2.05) is 25.7 Å². The first-order valence-corrected chi connectivity index (χ1v) is 9.78. The van der Waals surface area contributed by atoms with Gasteiger partial charge in [-0.25, -0.2) is 9.48 Å². The van der Waals surface area contributed by atoms with Crippen molar-refractivity contribution in [3.63, 3.8) is 0 Å². The first-order valence-electron chi connectivity index (χ1n) is 9.41. The minimum Gasteiger partial charge on any atom is -0.444 e. The van der Waals surface area contributed by atoms with Crippen LogP contribution < -0.4 is 15.8 Å². The number of ether oxygens (including phenoxy) is 1. The van der Waals surface area contributed by atoms with Crippen molar-refractivity contribution < 1.29 is 19.1 Å². The molecule has 2 aliphatic rings. The molecule has 1 N–H and O–H groups in total. The Kier molecular flexibility index (Phi) is 5.83. The molecule has 3 rings (SSSR count). The second-order valence-corrected chi connectivity index (χ2v) is 8.39. The number of nitrogens with one attached hydrogen (secondary N) is 1. The van der Waals surface area contributed by atoms with Gasteiger partial charge in [-0.05, 0) is 27.2 Å². The first kappa shape index (κ1) is 21.1. The molecule has 0 bridgehead atoms. The van der Waals surface area contributed by atoms with Crippen LogP contribution in [0.3, 0.4) is 0 Å². The van der Waals surface area contributed by atoms with Gasteiger partial charge in [-0.3, -0.25) is 19.7 Å². The van der Waals surface area contributed by atoms with Crippen LogP contribution in [0.15, 0.2) is 11.0 Å². The molecule has 1 aromatic rings. The van der Waals surface area contributed by atoms with E-state index in [0.717, 1.165) is 4.68 Å². The predicted molar refractivity (Wildman–Crippen MR) is 105 cm³/mol. The number of piperazine rings is 1. The Morgan fingerprint density at radius 2 is 1.86 bits per heavy atom. The fourth-order valence-corrected chi connectivity index (χ4v) is 3.51. The highest BCUT2D eigenvalue weighted by Crippen LogP contribution is 2.25. The number of aromatic nitrogens is 2. The Morgan fingerprint density at radius 3 is 2.45 bits per heavy atom. The summed E-state index contributed by atoms with van der Waals surface area (Å²) in [7, 11) is 0. The van der Waals surface area contributed by atoms with Crippen LogP contribution in [0.2, 0.25) is 5.02 Å². The number of imide groups is 1. The minimum atomic E-state index is -0.865. The molecule has 3 amide bonds. The van der Waals surface area contributed by atoms with Gasteiger partial charge in [-0.15, -0.1) is 0 Å². The van der Waals surface area contributed by atoms with Gasteiger partial charge in [0.15, 0.2) is 0 Å². The monoisotopic (exact) mass is 425 g/mol. The molecule has 29 heavy (non-hydrogen) atoms. The lowest BCUT2D eigenvalue weighted by atomic mass is 10.1. The van der Waals surface area contributed by atoms with Gasteiger partial charge in [0.1, 0.15) is 16.7 Å². The second kappa shape index (κ2) is 8.02. The van der Waals surface area contributed by atoms with Crippen LogP contribution in [0.25, 0.3) is 0 Å². The second-order valence-electron chi connectivity index (χ2n) is 8.01. The van der Waals surface area contributed by atoms with Gasteiger partial charge in [0, 0.05) is 32.6 Å². The minimum absolute atomic E-state index is 0.0459. The number of hydrogen-bond acceptors (Lipinski definition) is 7. The zero-order chi connectivity index (χ0) is 21.3. The van der Waals surface area contributed by atoms with Crippen LogP contribution in [0.5, 0.6) is 0 Å². The van der Waals surface area contributed by atoms with Crippen molar-refractivity contribution in [3.8, 4) is 0 Å². The molecule has 0 spiro atoms. The van der Waals surface area contributed by atoms with Crippen LogP contribution in [0.4, 0.5) is 10.5 Å². The maximum Gasteiger partial charge on any atom is 0.410 e. The summed E-state index contributed by atoms with van der Waals surface area (Å²) in [5, 5.41) is 6.27. The summed E-state index contributed by atoms with van der Waals surface area (Å²) in [5.74, 6) is -0.935. The van der Waals surface area contributed by atoms with E-state index in [0.29, 0.717) is 31.9 Å². The number of carbonyl (C=O) groups excluding carboxylic acids is 3. The fraction of sp³-hybridized carbons (Fsp3) is 0.611. The summed E-state index contributed by atoms with van der Waals surface area (Å²) < 4.78 is 6.39. The van der Waals surface area contributed by atoms with Gasteiger partial charge >= 0.3 is 6.09 Å². The van der Waals surface area contributed by atoms with Crippen LogP contribution >= 0.6 is 11.6 Å². The third kappa shape index (κ3) is 4.69. The number of hydrogen-bond donors (Lipinski definition) is 1. The summed E-state index contributed by atoms with van der Waals surface area (Å²) >= 11 is 6.29. The van der Waals surface area contributed by atoms with E-state index >= 15 is 0 Å². The molecule has 1 unspecified atom stereocenters. The van der Waals surface area contributed by atoms with Crippen molar-refractivity contribution in [2.75, 3.05) is 31.1 Å². The summed E-state index contributed by atoms with van der Waals surface area (Å²) in [5.41, 5.74) is -0.709. The lowest BCUT2D eigenvalue weighted by Gasteiger charge is -2.36. The lowest BCUT2D eigenvalue weighted by Crippen LogP contribution is -2.50. The Hall–Kier alpha value is -2.62. The molecular formula is C18H24ClN5O5. The van der Waals surface area contributed by atoms with Gasteiger partial charge in [0.25, 0.3) is 11.5 Å². The van der Waals surface area contributed by atoms with Crippen molar-refractivity contribution in [1.82, 2.24) is 20.0 Å². The molecule has 3 heterocycles. The maximum absolute atomic E-state index is 12.7. The van der Waals surface area contributed by atoms with Crippen LogP contribution in [-0.4, -0.2) is 64.4 Å². The SMILES string of the molecule is CC(C)(C)OC(=O)N1CCN(c2cnn(C3CCC(=O)NC3=O)c(=O)c2Cl)CC1. The first-order chi connectivity index (χ1) is 13.6. The molecule has 2 aliphatic heterocycles. The maximum atomic E-state index is 12.7. The number of rotatable bonds is 2. The van der Waals surface area contributed by atoms with Crippen molar-refractivity contribution in [1.29, 1.82) is 0 Å². The molecular weight excluding hydrogens is 402 g/mol. The van der Waals surface area contributed by atoms with Crippen LogP contribution in [0.1, 0.15) is 39.7 Å². The van der Waals surface area contributed by atoms with E-state index in [1.54, 1.807) is 4.90 Å².